The van der Waals surface area contributed by atoms with E-state index in [-0.39, 0.29) is 5.91 Å². The maximum atomic E-state index is 13.4. The molecule has 1 aliphatic heterocycles. The summed E-state index contributed by atoms with van der Waals surface area (Å²) in [5.41, 5.74) is 5.04. The molecule has 4 rings (SSSR count). The number of fused-ring (bicyclic) bond motifs is 1. The van der Waals surface area contributed by atoms with Crippen molar-refractivity contribution in [3.8, 4) is 11.4 Å². The first-order valence-electron chi connectivity index (χ1n) is 10.7. The molecule has 0 spiro atoms. The number of carbonyl (C=O) groups excluding carboxylic acids is 1. The first-order valence-corrected chi connectivity index (χ1v) is 10.7. The van der Waals surface area contributed by atoms with E-state index in [2.05, 4.69) is 45.9 Å². The van der Waals surface area contributed by atoms with E-state index in [0.717, 1.165) is 54.1 Å². The summed E-state index contributed by atoms with van der Waals surface area (Å²) in [5.74, 6) is 0.916. The van der Waals surface area contributed by atoms with Gasteiger partial charge in [0.2, 0.25) is 0 Å². The minimum atomic E-state index is -0.000447. The number of carbonyl (C=O) groups is 1. The molecule has 5 heteroatoms. The van der Waals surface area contributed by atoms with Crippen molar-refractivity contribution in [3.63, 3.8) is 0 Å². The van der Waals surface area contributed by atoms with Crippen molar-refractivity contribution >= 4 is 11.6 Å². The fourth-order valence-electron chi connectivity index (χ4n) is 4.12. The van der Waals surface area contributed by atoms with Crippen LogP contribution in [0.2, 0.25) is 0 Å². The predicted molar refractivity (Wildman–Crippen MR) is 122 cm³/mol. The van der Waals surface area contributed by atoms with Crippen LogP contribution in [0.25, 0.3) is 11.4 Å². The van der Waals surface area contributed by atoms with Gasteiger partial charge in [-0.2, -0.15) is 0 Å². The zero-order chi connectivity index (χ0) is 21.1. The molecule has 1 aliphatic rings. The molecule has 0 aliphatic carbocycles. The minimum Gasteiger partial charge on any atom is -0.378 e. The van der Waals surface area contributed by atoms with E-state index in [9.17, 15) is 4.79 Å². The van der Waals surface area contributed by atoms with Crippen LogP contribution < -0.4 is 4.90 Å². The Morgan fingerprint density at radius 2 is 1.70 bits per heavy atom. The Bertz CT molecular complexity index is 1010. The molecular weight excluding hydrogens is 372 g/mol. The second-order valence-electron chi connectivity index (χ2n) is 8.28. The lowest BCUT2D eigenvalue weighted by Gasteiger charge is -2.18. The summed E-state index contributed by atoms with van der Waals surface area (Å²) in [6.45, 7) is 1.50. The molecule has 0 fully saturated rings. The highest BCUT2D eigenvalue weighted by Gasteiger charge is 2.26. The fourth-order valence-corrected chi connectivity index (χ4v) is 4.12. The number of aromatic nitrogens is 2. The largest absolute Gasteiger partial charge is 0.378 e. The molecule has 2 aromatic carbocycles. The first kappa shape index (κ1) is 20.2. The van der Waals surface area contributed by atoms with Gasteiger partial charge in [-0.15, -0.1) is 0 Å². The Hall–Kier alpha value is -3.08. The zero-order valence-electron chi connectivity index (χ0n) is 18.1. The van der Waals surface area contributed by atoms with Gasteiger partial charge in [0.05, 0.1) is 5.69 Å². The number of hydrogen-bond acceptors (Lipinski definition) is 3. The van der Waals surface area contributed by atoms with Gasteiger partial charge in [-0.25, -0.2) is 4.98 Å². The Kier molecular flexibility index (Phi) is 5.88. The quantitative estimate of drug-likeness (QED) is 0.626. The van der Waals surface area contributed by atoms with Gasteiger partial charge >= 0.3 is 0 Å². The summed E-state index contributed by atoms with van der Waals surface area (Å²) >= 11 is 0. The number of nitrogens with zero attached hydrogens (tertiary/aromatic N) is 4. The van der Waals surface area contributed by atoms with Crippen LogP contribution in [0.3, 0.4) is 0 Å². The molecule has 0 saturated heterocycles. The second-order valence-corrected chi connectivity index (χ2v) is 8.28. The standard InChI is InChI=1S/C25H30N4O/c1-27(2)21-15-13-19(14-16-21)18-28(3)25(30)23-22-12-8-5-9-17-29(22)24(26-23)20-10-6-4-7-11-20/h4,6-7,10-11,13-16H,5,8-9,12,17-18H2,1-3H3. The van der Waals surface area contributed by atoms with E-state index in [0.29, 0.717) is 12.2 Å². The van der Waals surface area contributed by atoms with E-state index in [4.69, 9.17) is 4.98 Å². The molecular formula is C25H30N4O. The highest BCUT2D eigenvalue weighted by molar-refractivity contribution is 5.94. The van der Waals surface area contributed by atoms with Crippen LogP contribution >= 0.6 is 0 Å². The maximum absolute atomic E-state index is 13.4. The molecule has 0 bridgehead atoms. The van der Waals surface area contributed by atoms with Crippen molar-refractivity contribution in [3.05, 3.63) is 71.5 Å². The highest BCUT2D eigenvalue weighted by atomic mass is 16.2. The van der Waals surface area contributed by atoms with Gasteiger partial charge in [-0.3, -0.25) is 4.79 Å². The SMILES string of the molecule is CN(Cc1ccc(N(C)C)cc1)C(=O)c1nc(-c2ccccc2)n2c1CCCCC2. The first-order chi connectivity index (χ1) is 14.5. The van der Waals surface area contributed by atoms with Crippen molar-refractivity contribution in [2.24, 2.45) is 0 Å². The number of benzene rings is 2. The average molecular weight is 403 g/mol. The summed E-state index contributed by atoms with van der Waals surface area (Å²) < 4.78 is 2.27. The topological polar surface area (TPSA) is 41.4 Å². The average Bonchev–Trinajstić information content (AvgIpc) is 2.95. The lowest BCUT2D eigenvalue weighted by atomic mass is 10.1. The summed E-state index contributed by atoms with van der Waals surface area (Å²) in [4.78, 5) is 22.1. The van der Waals surface area contributed by atoms with Gasteiger partial charge < -0.3 is 14.4 Å². The van der Waals surface area contributed by atoms with E-state index >= 15 is 0 Å². The molecule has 1 amide bonds. The molecule has 30 heavy (non-hydrogen) atoms. The van der Waals surface area contributed by atoms with E-state index < -0.39 is 0 Å². The van der Waals surface area contributed by atoms with Crippen LogP contribution in [0.4, 0.5) is 5.69 Å². The summed E-state index contributed by atoms with van der Waals surface area (Å²) in [7, 11) is 5.92. The van der Waals surface area contributed by atoms with Crippen LogP contribution in [0, 0.1) is 0 Å². The zero-order valence-corrected chi connectivity index (χ0v) is 18.1. The lowest BCUT2D eigenvalue weighted by Crippen LogP contribution is -2.27. The molecule has 0 radical (unpaired) electrons. The third-order valence-electron chi connectivity index (χ3n) is 5.82. The highest BCUT2D eigenvalue weighted by Crippen LogP contribution is 2.28. The van der Waals surface area contributed by atoms with Crippen molar-refractivity contribution in [2.45, 2.75) is 38.8 Å². The van der Waals surface area contributed by atoms with Crippen LogP contribution in [-0.2, 0) is 19.5 Å². The second kappa shape index (κ2) is 8.74. The summed E-state index contributed by atoms with van der Waals surface area (Å²) in [5, 5.41) is 0. The molecule has 156 valence electrons. The molecule has 0 unspecified atom stereocenters. The Morgan fingerprint density at radius 1 is 0.967 bits per heavy atom. The van der Waals surface area contributed by atoms with Gasteiger partial charge in [0.25, 0.3) is 5.91 Å². The summed E-state index contributed by atoms with van der Waals surface area (Å²) in [6.07, 6.45) is 4.34. The van der Waals surface area contributed by atoms with Crippen molar-refractivity contribution < 1.29 is 4.79 Å². The monoisotopic (exact) mass is 402 g/mol. The van der Waals surface area contributed by atoms with Crippen LogP contribution in [0.5, 0.6) is 0 Å². The van der Waals surface area contributed by atoms with Crippen LogP contribution in [0.1, 0.15) is 41.0 Å². The third-order valence-corrected chi connectivity index (χ3v) is 5.82. The van der Waals surface area contributed by atoms with Gasteiger partial charge in [0.1, 0.15) is 11.5 Å². The Morgan fingerprint density at radius 3 is 2.40 bits per heavy atom. The smallest absolute Gasteiger partial charge is 0.274 e. The van der Waals surface area contributed by atoms with Crippen LogP contribution in [-0.4, -0.2) is 41.5 Å². The maximum Gasteiger partial charge on any atom is 0.274 e. The Labute approximate surface area is 179 Å². The van der Waals surface area contributed by atoms with E-state index in [1.54, 1.807) is 4.90 Å². The van der Waals surface area contributed by atoms with E-state index in [1.165, 1.54) is 6.42 Å². The van der Waals surface area contributed by atoms with Crippen molar-refractivity contribution in [1.82, 2.24) is 14.5 Å². The van der Waals surface area contributed by atoms with Gasteiger partial charge in [0, 0.05) is 45.5 Å². The molecule has 5 nitrogen and oxygen atoms in total. The summed E-state index contributed by atoms with van der Waals surface area (Å²) in [6, 6.07) is 18.6. The van der Waals surface area contributed by atoms with Crippen LogP contribution in [0.15, 0.2) is 54.6 Å². The van der Waals surface area contributed by atoms with E-state index in [1.807, 2.05) is 39.3 Å². The molecule has 0 N–H and O–H groups in total. The van der Waals surface area contributed by atoms with Gasteiger partial charge in [-0.05, 0) is 37.0 Å². The number of imidazole rings is 1. The lowest BCUT2D eigenvalue weighted by molar-refractivity contribution is 0.0778. The number of amides is 1. The molecule has 0 atom stereocenters. The minimum absolute atomic E-state index is 0.000447. The molecule has 3 aromatic rings. The molecule has 0 saturated carbocycles. The van der Waals surface area contributed by atoms with Crippen molar-refractivity contribution in [1.29, 1.82) is 0 Å². The molecule has 2 heterocycles. The molecule has 1 aromatic heterocycles. The number of hydrogen-bond donors (Lipinski definition) is 0. The van der Waals surface area contributed by atoms with Crippen molar-refractivity contribution in [2.75, 3.05) is 26.0 Å². The predicted octanol–water partition coefficient (Wildman–Crippen LogP) is 4.61. The van der Waals surface area contributed by atoms with Gasteiger partial charge in [-0.1, -0.05) is 48.9 Å². The fraction of sp³-hybridized carbons (Fsp3) is 0.360. The number of rotatable bonds is 5. The number of anilines is 1. The Balaban J connectivity index is 1.62. The normalized spacial score (nSPS) is 13.4. The third kappa shape index (κ3) is 4.11. The van der Waals surface area contributed by atoms with Gasteiger partial charge in [0.15, 0.2) is 0 Å².